The van der Waals surface area contributed by atoms with E-state index < -0.39 is 0 Å². The van der Waals surface area contributed by atoms with Gasteiger partial charge in [0.2, 0.25) is 0 Å². The van der Waals surface area contributed by atoms with Crippen molar-refractivity contribution in [2.45, 2.75) is 6.92 Å². The van der Waals surface area contributed by atoms with Crippen molar-refractivity contribution < 1.29 is 0 Å². The van der Waals surface area contributed by atoms with Crippen LogP contribution in [0.15, 0.2) is 85.5 Å². The van der Waals surface area contributed by atoms with Crippen LogP contribution < -0.4 is 0 Å². The second-order valence-electron chi connectivity index (χ2n) is 4.30. The number of allylic oxidation sites excluding steroid dienone is 5. The first kappa shape index (κ1) is 13.1. The monoisotopic (exact) mass is 246 g/mol. The molecule has 2 rings (SSSR count). The lowest BCUT2D eigenvalue weighted by atomic mass is 10.00. The van der Waals surface area contributed by atoms with E-state index in [0.29, 0.717) is 0 Å². The third kappa shape index (κ3) is 3.32. The summed E-state index contributed by atoms with van der Waals surface area (Å²) in [6, 6.07) is 19.0. The molecule has 0 heterocycles. The molecule has 94 valence electrons. The summed E-state index contributed by atoms with van der Waals surface area (Å²) >= 11 is 0. The molecule has 0 aliphatic carbocycles. The summed E-state index contributed by atoms with van der Waals surface area (Å²) < 4.78 is 0. The van der Waals surface area contributed by atoms with Gasteiger partial charge in [-0.1, -0.05) is 85.5 Å². The maximum atomic E-state index is 3.87. The smallest absolute Gasteiger partial charge is 0.0184 e. The van der Waals surface area contributed by atoms with Crippen LogP contribution in [-0.2, 0) is 0 Å². The van der Waals surface area contributed by atoms with E-state index in [-0.39, 0.29) is 0 Å². The molecule has 2 aromatic carbocycles. The molecule has 0 aliphatic rings. The van der Waals surface area contributed by atoms with Gasteiger partial charge in [-0.25, -0.2) is 0 Å². The van der Waals surface area contributed by atoms with E-state index >= 15 is 0 Å². The van der Waals surface area contributed by atoms with E-state index in [1.54, 1.807) is 0 Å². The number of hydrogen-bond donors (Lipinski definition) is 0. The molecule has 0 nitrogen and oxygen atoms in total. The lowest BCUT2D eigenvalue weighted by molar-refractivity contribution is 1.58. The van der Waals surface area contributed by atoms with Crippen molar-refractivity contribution in [3.63, 3.8) is 0 Å². The van der Waals surface area contributed by atoms with Crippen LogP contribution in [0.5, 0.6) is 0 Å². The van der Waals surface area contributed by atoms with Crippen LogP contribution >= 0.6 is 0 Å². The first-order valence-corrected chi connectivity index (χ1v) is 6.46. The van der Waals surface area contributed by atoms with Crippen LogP contribution in [0.3, 0.4) is 0 Å². The fourth-order valence-corrected chi connectivity index (χ4v) is 1.97. The molecule has 0 aromatic heterocycles. The van der Waals surface area contributed by atoms with Crippen molar-refractivity contribution in [1.82, 2.24) is 0 Å². The number of rotatable bonds is 4. The zero-order valence-corrected chi connectivity index (χ0v) is 11.2. The average molecular weight is 246 g/mol. The van der Waals surface area contributed by atoms with E-state index in [2.05, 4.69) is 61.2 Å². The molecule has 0 unspecified atom stereocenters. The average Bonchev–Trinajstić information content (AvgIpc) is 2.49. The highest BCUT2D eigenvalue weighted by Gasteiger charge is 1.99. The summed E-state index contributed by atoms with van der Waals surface area (Å²) in [6.07, 6.45) is 8.01. The van der Waals surface area contributed by atoms with Gasteiger partial charge < -0.3 is 0 Å². The Bertz CT molecular complexity index is 584. The molecule has 0 heteroatoms. The number of benzene rings is 2. The predicted octanol–water partition coefficient (Wildman–Crippen LogP) is 5.50. The van der Waals surface area contributed by atoms with Crippen molar-refractivity contribution in [2.24, 2.45) is 0 Å². The number of hydrogen-bond acceptors (Lipinski definition) is 0. The maximum absolute atomic E-state index is 3.87. The van der Waals surface area contributed by atoms with Crippen LogP contribution in [-0.4, -0.2) is 0 Å². The molecule has 0 spiro atoms. The summed E-state index contributed by atoms with van der Waals surface area (Å²) in [5.41, 5.74) is 4.80. The summed E-state index contributed by atoms with van der Waals surface area (Å²) in [7, 11) is 0. The standard InChI is InChI=1S/C19H18/c1-3-5-9-16(4-2)18-12-14-19(15-13-18)17-10-7-6-8-11-17/h3-15H,2H2,1H3/b5-3+,16-9+. The second-order valence-corrected chi connectivity index (χ2v) is 4.30. The van der Waals surface area contributed by atoms with Gasteiger partial charge in [-0.3, -0.25) is 0 Å². The minimum Gasteiger partial charge on any atom is -0.0984 e. The van der Waals surface area contributed by atoms with Crippen molar-refractivity contribution in [2.75, 3.05) is 0 Å². The summed E-state index contributed by atoms with van der Waals surface area (Å²) in [5.74, 6) is 0. The summed E-state index contributed by atoms with van der Waals surface area (Å²) in [6.45, 7) is 5.88. The first-order valence-electron chi connectivity index (χ1n) is 6.46. The van der Waals surface area contributed by atoms with Gasteiger partial charge in [0.15, 0.2) is 0 Å². The highest BCUT2D eigenvalue weighted by molar-refractivity contribution is 5.76. The minimum atomic E-state index is 1.14. The van der Waals surface area contributed by atoms with Crippen molar-refractivity contribution in [3.05, 3.63) is 91.0 Å². The van der Waals surface area contributed by atoms with Gasteiger partial charge in [-0.15, -0.1) is 0 Å². The van der Waals surface area contributed by atoms with Crippen LogP contribution in [0.25, 0.3) is 16.7 Å². The van der Waals surface area contributed by atoms with Crippen LogP contribution in [0.1, 0.15) is 12.5 Å². The van der Waals surface area contributed by atoms with E-state index in [1.165, 1.54) is 16.7 Å². The Morgan fingerprint density at radius 2 is 1.53 bits per heavy atom. The molecule has 2 aromatic rings. The molecular weight excluding hydrogens is 228 g/mol. The quantitative estimate of drug-likeness (QED) is 0.625. The van der Waals surface area contributed by atoms with Gasteiger partial charge >= 0.3 is 0 Å². The zero-order valence-electron chi connectivity index (χ0n) is 11.2. The fourth-order valence-electron chi connectivity index (χ4n) is 1.97. The highest BCUT2D eigenvalue weighted by Crippen LogP contribution is 2.22. The molecule has 0 radical (unpaired) electrons. The fraction of sp³-hybridized carbons (Fsp3) is 0.0526. The SMILES string of the molecule is C=C/C(=C\C=C\C)c1ccc(-c2ccccc2)cc1. The van der Waals surface area contributed by atoms with E-state index in [0.717, 1.165) is 5.57 Å². The molecular formula is C19H18. The topological polar surface area (TPSA) is 0 Å². The van der Waals surface area contributed by atoms with Gasteiger partial charge in [-0.05, 0) is 29.2 Å². The van der Waals surface area contributed by atoms with Gasteiger partial charge in [-0.2, -0.15) is 0 Å². The third-order valence-corrected chi connectivity index (χ3v) is 3.01. The minimum absolute atomic E-state index is 1.14. The Morgan fingerprint density at radius 3 is 2.11 bits per heavy atom. The Morgan fingerprint density at radius 1 is 0.895 bits per heavy atom. The van der Waals surface area contributed by atoms with Crippen LogP contribution in [0, 0.1) is 0 Å². The summed E-state index contributed by atoms with van der Waals surface area (Å²) in [4.78, 5) is 0. The first-order chi connectivity index (χ1) is 9.35. The molecule has 0 amide bonds. The molecule has 0 saturated carbocycles. The van der Waals surface area contributed by atoms with Gasteiger partial charge in [0.25, 0.3) is 0 Å². The zero-order chi connectivity index (χ0) is 13.5. The van der Waals surface area contributed by atoms with Crippen LogP contribution in [0.4, 0.5) is 0 Å². The van der Waals surface area contributed by atoms with Crippen molar-refractivity contribution in [3.8, 4) is 11.1 Å². The molecule has 0 aliphatic heterocycles. The molecule has 0 bridgehead atoms. The molecule has 0 fully saturated rings. The van der Waals surface area contributed by atoms with E-state index in [9.17, 15) is 0 Å². The molecule has 0 saturated heterocycles. The van der Waals surface area contributed by atoms with Crippen molar-refractivity contribution >= 4 is 5.57 Å². The lowest BCUT2D eigenvalue weighted by Gasteiger charge is -2.05. The Kier molecular flexibility index (Phi) is 4.52. The van der Waals surface area contributed by atoms with E-state index in [4.69, 9.17) is 0 Å². The maximum Gasteiger partial charge on any atom is -0.0184 e. The molecule has 0 atom stereocenters. The predicted molar refractivity (Wildman–Crippen MR) is 84.9 cm³/mol. The summed E-state index contributed by atoms with van der Waals surface area (Å²) in [5, 5.41) is 0. The normalized spacial score (nSPS) is 11.7. The Balaban J connectivity index is 2.30. The lowest BCUT2D eigenvalue weighted by Crippen LogP contribution is -1.82. The largest absolute Gasteiger partial charge is 0.0984 e. The van der Waals surface area contributed by atoms with Crippen molar-refractivity contribution in [1.29, 1.82) is 0 Å². The van der Waals surface area contributed by atoms with E-state index in [1.807, 2.05) is 31.2 Å². The van der Waals surface area contributed by atoms with Crippen LogP contribution in [0.2, 0.25) is 0 Å². The Labute approximate surface area is 115 Å². The van der Waals surface area contributed by atoms with Gasteiger partial charge in [0.1, 0.15) is 0 Å². The third-order valence-electron chi connectivity index (χ3n) is 3.01. The Hall–Kier alpha value is -2.34. The van der Waals surface area contributed by atoms with Gasteiger partial charge in [0, 0.05) is 0 Å². The molecule has 0 N–H and O–H groups in total. The van der Waals surface area contributed by atoms with Gasteiger partial charge in [0.05, 0.1) is 0 Å². The second kappa shape index (κ2) is 6.55. The highest BCUT2D eigenvalue weighted by atomic mass is 14.0. The molecule has 19 heavy (non-hydrogen) atoms.